The van der Waals surface area contributed by atoms with Crippen molar-refractivity contribution in [3.8, 4) is 0 Å². The summed E-state index contributed by atoms with van der Waals surface area (Å²) in [5.41, 5.74) is 0.619. The molecule has 0 aliphatic carbocycles. The van der Waals surface area contributed by atoms with Gasteiger partial charge >= 0.3 is 5.84 Å². The van der Waals surface area contributed by atoms with Crippen LogP contribution in [0.1, 0.15) is 38.8 Å². The van der Waals surface area contributed by atoms with E-state index in [1.807, 2.05) is 24.3 Å². The van der Waals surface area contributed by atoms with Gasteiger partial charge in [0.1, 0.15) is 5.54 Å². The van der Waals surface area contributed by atoms with Crippen LogP contribution in [0, 0.1) is 5.21 Å². The SMILES string of the molecule is CC1(C)N([O])C(c2ccc(C=Nc3ccc(Cl)cc3)cc2)=[N+]([O-])C1(C)C. The van der Waals surface area contributed by atoms with E-state index >= 15 is 0 Å². The van der Waals surface area contributed by atoms with Crippen molar-refractivity contribution in [3.05, 3.63) is 69.9 Å². The third kappa shape index (κ3) is 2.97. The largest absolute Gasteiger partial charge is 0.714 e. The van der Waals surface area contributed by atoms with Crippen LogP contribution in [0.15, 0.2) is 53.5 Å². The summed E-state index contributed by atoms with van der Waals surface area (Å²) in [4.78, 5) is 4.39. The van der Waals surface area contributed by atoms with Crippen LogP contribution in [-0.2, 0) is 5.21 Å². The highest BCUT2D eigenvalue weighted by atomic mass is 35.5. The molecule has 0 saturated carbocycles. The summed E-state index contributed by atoms with van der Waals surface area (Å²) >= 11 is 5.86. The van der Waals surface area contributed by atoms with Gasteiger partial charge in [0.05, 0.1) is 11.3 Å². The molecule has 5 nitrogen and oxygen atoms in total. The fourth-order valence-corrected chi connectivity index (χ4v) is 2.86. The zero-order valence-electron chi connectivity index (χ0n) is 15.2. The Hall–Kier alpha value is -2.37. The normalized spacial score (nSPS) is 18.8. The summed E-state index contributed by atoms with van der Waals surface area (Å²) in [6, 6.07) is 14.4. The van der Waals surface area contributed by atoms with Gasteiger partial charge in [-0.2, -0.15) is 0 Å². The molecule has 135 valence electrons. The van der Waals surface area contributed by atoms with Gasteiger partial charge in [-0.3, -0.25) is 9.73 Å². The molecule has 0 atom stereocenters. The lowest BCUT2D eigenvalue weighted by molar-refractivity contribution is -0.539. The molecule has 2 aromatic carbocycles. The van der Waals surface area contributed by atoms with E-state index in [0.29, 0.717) is 10.6 Å². The number of nitrogens with zero attached hydrogens (tertiary/aromatic N) is 3. The highest BCUT2D eigenvalue weighted by Crippen LogP contribution is 2.37. The number of hydrogen-bond acceptors (Lipinski definition) is 3. The molecular formula is C20H21ClN3O2. The van der Waals surface area contributed by atoms with Crippen LogP contribution in [0.3, 0.4) is 0 Å². The van der Waals surface area contributed by atoms with Gasteiger partial charge in [-0.05, 0) is 69.7 Å². The van der Waals surface area contributed by atoms with E-state index in [4.69, 9.17) is 11.6 Å². The molecule has 0 aromatic heterocycles. The summed E-state index contributed by atoms with van der Waals surface area (Å²) in [7, 11) is 0. The maximum atomic E-state index is 12.7. The Kier molecular flexibility index (Phi) is 4.54. The first-order valence-corrected chi connectivity index (χ1v) is 8.74. The van der Waals surface area contributed by atoms with Gasteiger partial charge in [0.2, 0.25) is 0 Å². The Morgan fingerprint density at radius 2 is 1.62 bits per heavy atom. The molecule has 0 spiro atoms. The van der Waals surface area contributed by atoms with E-state index in [1.165, 1.54) is 0 Å². The van der Waals surface area contributed by atoms with Crippen molar-refractivity contribution < 1.29 is 9.95 Å². The molecule has 0 bridgehead atoms. The number of halogens is 1. The van der Waals surface area contributed by atoms with Crippen LogP contribution in [0.4, 0.5) is 5.69 Å². The summed E-state index contributed by atoms with van der Waals surface area (Å²) in [6.07, 6.45) is 1.73. The maximum absolute atomic E-state index is 12.7. The number of rotatable bonds is 3. The average molecular weight is 371 g/mol. The van der Waals surface area contributed by atoms with Gasteiger partial charge in [-0.25, -0.2) is 0 Å². The molecule has 0 saturated heterocycles. The molecule has 1 aliphatic rings. The number of benzene rings is 2. The number of hydroxylamine groups is 3. The van der Waals surface area contributed by atoms with E-state index in [1.54, 1.807) is 58.2 Å². The van der Waals surface area contributed by atoms with Gasteiger partial charge in [0, 0.05) is 16.4 Å². The van der Waals surface area contributed by atoms with Crippen molar-refractivity contribution in [2.75, 3.05) is 0 Å². The quantitative estimate of drug-likeness (QED) is 0.451. The van der Waals surface area contributed by atoms with E-state index in [9.17, 15) is 10.4 Å². The Labute approximate surface area is 158 Å². The highest BCUT2D eigenvalue weighted by Gasteiger charge is 2.59. The standard InChI is InChI=1S/C20H21ClN3O2/c1-19(2)20(3,4)24(26)18(23(19)25)15-7-5-14(6-8-15)13-22-17-11-9-16(21)10-12-17/h5-13H,1-4H3. The smallest absolute Gasteiger partial charge is 0.316 e. The van der Waals surface area contributed by atoms with Crippen molar-refractivity contribution in [1.29, 1.82) is 0 Å². The first-order valence-electron chi connectivity index (χ1n) is 8.36. The number of aliphatic imine (C=N–C) groups is 1. The molecule has 6 heteroatoms. The lowest BCUT2D eigenvalue weighted by Gasteiger charge is -2.32. The van der Waals surface area contributed by atoms with Crippen LogP contribution in [0.2, 0.25) is 5.02 Å². The van der Waals surface area contributed by atoms with Crippen molar-refractivity contribution in [3.63, 3.8) is 0 Å². The molecular weight excluding hydrogens is 350 g/mol. The van der Waals surface area contributed by atoms with Crippen molar-refractivity contribution >= 4 is 29.3 Å². The molecule has 1 aliphatic heterocycles. The van der Waals surface area contributed by atoms with Crippen LogP contribution in [0.25, 0.3) is 0 Å². The minimum absolute atomic E-state index is 0.140. The number of amidine groups is 1. The molecule has 2 aromatic rings. The van der Waals surface area contributed by atoms with Crippen LogP contribution in [-0.4, -0.2) is 32.9 Å². The van der Waals surface area contributed by atoms with E-state index < -0.39 is 11.1 Å². The van der Waals surface area contributed by atoms with Gasteiger partial charge < -0.3 is 5.21 Å². The molecule has 0 fully saturated rings. The number of hydrogen-bond donors (Lipinski definition) is 0. The Morgan fingerprint density at radius 3 is 2.12 bits per heavy atom. The minimum atomic E-state index is -0.821. The van der Waals surface area contributed by atoms with Crippen LogP contribution in [0.5, 0.6) is 0 Å². The predicted molar refractivity (Wildman–Crippen MR) is 104 cm³/mol. The molecule has 0 amide bonds. The summed E-state index contributed by atoms with van der Waals surface area (Å²) in [5.74, 6) is 0.140. The van der Waals surface area contributed by atoms with Gasteiger partial charge in [0.15, 0.2) is 5.54 Å². The second-order valence-corrected chi connectivity index (χ2v) is 7.82. The van der Waals surface area contributed by atoms with Gasteiger partial charge in [0.25, 0.3) is 0 Å². The average Bonchev–Trinajstić information content (AvgIpc) is 2.73. The lowest BCUT2D eigenvalue weighted by atomic mass is 9.84. The zero-order valence-corrected chi connectivity index (χ0v) is 16.0. The Balaban J connectivity index is 1.86. The molecule has 1 radical (unpaired) electrons. The molecule has 1 heterocycles. The lowest BCUT2D eigenvalue weighted by Crippen LogP contribution is -2.53. The molecule has 0 unspecified atom stereocenters. The summed E-state index contributed by atoms with van der Waals surface area (Å²) in [6.45, 7) is 7.13. The Bertz CT molecular complexity index is 869. The first kappa shape index (κ1) is 18.4. The van der Waals surface area contributed by atoms with Crippen LogP contribution < -0.4 is 0 Å². The zero-order chi connectivity index (χ0) is 19.1. The fourth-order valence-electron chi connectivity index (χ4n) is 2.74. The van der Waals surface area contributed by atoms with Gasteiger partial charge in [-0.1, -0.05) is 28.8 Å². The third-order valence-electron chi connectivity index (χ3n) is 5.26. The first-order chi connectivity index (χ1) is 12.1. The van der Waals surface area contributed by atoms with E-state index in [-0.39, 0.29) is 5.84 Å². The second-order valence-electron chi connectivity index (χ2n) is 7.39. The molecule has 26 heavy (non-hydrogen) atoms. The monoisotopic (exact) mass is 370 g/mol. The highest BCUT2D eigenvalue weighted by molar-refractivity contribution is 6.30. The minimum Gasteiger partial charge on any atom is -0.714 e. The van der Waals surface area contributed by atoms with Crippen molar-refractivity contribution in [2.24, 2.45) is 4.99 Å². The molecule has 3 rings (SSSR count). The second kappa shape index (κ2) is 6.41. The van der Waals surface area contributed by atoms with Crippen molar-refractivity contribution in [1.82, 2.24) is 5.06 Å². The van der Waals surface area contributed by atoms with Crippen LogP contribution >= 0.6 is 11.6 Å². The fraction of sp³-hybridized carbons (Fsp3) is 0.300. The topological polar surface area (TPSA) is 61.6 Å². The van der Waals surface area contributed by atoms with E-state index in [2.05, 4.69) is 4.99 Å². The Morgan fingerprint density at radius 1 is 1.04 bits per heavy atom. The third-order valence-corrected chi connectivity index (χ3v) is 5.51. The summed E-state index contributed by atoms with van der Waals surface area (Å²) < 4.78 is 0.816. The molecule has 0 N–H and O–H groups in total. The maximum Gasteiger partial charge on any atom is 0.316 e. The van der Waals surface area contributed by atoms with Gasteiger partial charge in [-0.15, -0.1) is 0 Å². The summed E-state index contributed by atoms with van der Waals surface area (Å²) in [5, 5.41) is 26.8. The predicted octanol–water partition coefficient (Wildman–Crippen LogP) is 4.57. The van der Waals surface area contributed by atoms with E-state index in [0.717, 1.165) is 21.1 Å². The van der Waals surface area contributed by atoms with Crippen molar-refractivity contribution in [2.45, 2.75) is 38.8 Å².